The lowest BCUT2D eigenvalue weighted by Gasteiger charge is -2.24. The molecule has 1 heterocycles. The zero-order valence-electron chi connectivity index (χ0n) is 12.4. The average Bonchev–Trinajstić information content (AvgIpc) is 2.73. The molecule has 0 aromatic carbocycles. The Balaban J connectivity index is 0.00000324. The van der Waals surface area contributed by atoms with Crippen LogP contribution in [-0.4, -0.2) is 37.3 Å². The van der Waals surface area contributed by atoms with E-state index in [0.29, 0.717) is 18.4 Å². The van der Waals surface area contributed by atoms with Gasteiger partial charge in [-0.05, 0) is 44.6 Å². The van der Waals surface area contributed by atoms with Crippen LogP contribution in [0.25, 0.3) is 0 Å². The quantitative estimate of drug-likeness (QED) is 0.667. The van der Waals surface area contributed by atoms with Crippen molar-refractivity contribution in [2.75, 3.05) is 26.2 Å². The first-order valence-electron chi connectivity index (χ1n) is 7.08. The SMILES string of the molecule is CC(C)CC(CCO)CNC(=O)C1(C)CCNC1.Cl. The van der Waals surface area contributed by atoms with Gasteiger partial charge in [0.05, 0.1) is 5.41 Å². The Morgan fingerprint density at radius 2 is 2.16 bits per heavy atom. The van der Waals surface area contributed by atoms with E-state index in [1.807, 2.05) is 6.92 Å². The number of carbonyl (C=O) groups is 1. The van der Waals surface area contributed by atoms with Gasteiger partial charge in [-0.25, -0.2) is 0 Å². The lowest BCUT2D eigenvalue weighted by atomic mass is 9.88. The van der Waals surface area contributed by atoms with E-state index in [0.717, 1.165) is 32.4 Å². The molecule has 114 valence electrons. The molecule has 3 N–H and O–H groups in total. The third kappa shape index (κ3) is 6.11. The monoisotopic (exact) mass is 292 g/mol. The third-order valence-corrected chi connectivity index (χ3v) is 3.81. The molecule has 1 saturated heterocycles. The van der Waals surface area contributed by atoms with E-state index in [2.05, 4.69) is 24.5 Å². The largest absolute Gasteiger partial charge is 0.396 e. The summed E-state index contributed by atoms with van der Waals surface area (Å²) in [5.41, 5.74) is -0.248. The molecule has 0 radical (unpaired) electrons. The molecular formula is C14H29ClN2O2. The van der Waals surface area contributed by atoms with Gasteiger partial charge in [-0.15, -0.1) is 12.4 Å². The molecule has 0 aromatic rings. The zero-order valence-corrected chi connectivity index (χ0v) is 13.2. The summed E-state index contributed by atoms with van der Waals surface area (Å²) in [5, 5.41) is 15.4. The van der Waals surface area contributed by atoms with Crippen molar-refractivity contribution in [3.8, 4) is 0 Å². The first-order chi connectivity index (χ1) is 8.48. The van der Waals surface area contributed by atoms with Gasteiger partial charge in [0.2, 0.25) is 5.91 Å². The molecule has 1 rings (SSSR count). The van der Waals surface area contributed by atoms with Crippen molar-refractivity contribution in [3.63, 3.8) is 0 Å². The predicted molar refractivity (Wildman–Crippen MR) is 80.5 cm³/mol. The minimum absolute atomic E-state index is 0. The van der Waals surface area contributed by atoms with Crippen LogP contribution < -0.4 is 10.6 Å². The van der Waals surface area contributed by atoms with E-state index >= 15 is 0 Å². The second-order valence-corrected chi connectivity index (χ2v) is 6.21. The number of aliphatic hydroxyl groups excluding tert-OH is 1. The minimum atomic E-state index is -0.248. The molecule has 1 aliphatic rings. The number of aliphatic hydroxyl groups is 1. The Bertz CT molecular complexity index is 266. The Hall–Kier alpha value is -0.320. The Labute approximate surface area is 123 Å². The van der Waals surface area contributed by atoms with Crippen molar-refractivity contribution >= 4 is 18.3 Å². The molecular weight excluding hydrogens is 264 g/mol. The fourth-order valence-corrected chi connectivity index (χ4v) is 2.61. The van der Waals surface area contributed by atoms with Crippen molar-refractivity contribution in [1.29, 1.82) is 0 Å². The molecule has 2 atom stereocenters. The highest BCUT2D eigenvalue weighted by molar-refractivity contribution is 5.85. The Kier molecular flexibility index (Phi) is 8.62. The smallest absolute Gasteiger partial charge is 0.227 e. The van der Waals surface area contributed by atoms with Crippen LogP contribution in [0, 0.1) is 17.3 Å². The van der Waals surface area contributed by atoms with E-state index in [1.165, 1.54) is 0 Å². The Morgan fingerprint density at radius 1 is 1.47 bits per heavy atom. The van der Waals surface area contributed by atoms with Crippen LogP contribution in [0.2, 0.25) is 0 Å². The molecule has 1 fully saturated rings. The van der Waals surface area contributed by atoms with Crippen LogP contribution in [-0.2, 0) is 4.79 Å². The fraction of sp³-hybridized carbons (Fsp3) is 0.929. The number of hydrogen-bond acceptors (Lipinski definition) is 3. The molecule has 2 unspecified atom stereocenters. The fourth-order valence-electron chi connectivity index (χ4n) is 2.61. The first kappa shape index (κ1) is 18.7. The van der Waals surface area contributed by atoms with Gasteiger partial charge < -0.3 is 15.7 Å². The third-order valence-electron chi connectivity index (χ3n) is 3.81. The number of halogens is 1. The summed E-state index contributed by atoms with van der Waals surface area (Å²) in [7, 11) is 0. The molecule has 5 heteroatoms. The van der Waals surface area contributed by atoms with Crippen LogP contribution in [0.3, 0.4) is 0 Å². The van der Waals surface area contributed by atoms with E-state index in [9.17, 15) is 4.79 Å². The lowest BCUT2D eigenvalue weighted by molar-refractivity contribution is -0.129. The summed E-state index contributed by atoms with van der Waals surface area (Å²) >= 11 is 0. The van der Waals surface area contributed by atoms with Gasteiger partial charge in [0.1, 0.15) is 0 Å². The summed E-state index contributed by atoms with van der Waals surface area (Å²) in [6.07, 6.45) is 2.73. The maximum atomic E-state index is 12.1. The van der Waals surface area contributed by atoms with Crippen molar-refractivity contribution in [2.24, 2.45) is 17.3 Å². The number of amides is 1. The highest BCUT2D eigenvalue weighted by Crippen LogP contribution is 2.24. The minimum Gasteiger partial charge on any atom is -0.396 e. The number of nitrogens with one attached hydrogen (secondary N) is 2. The van der Waals surface area contributed by atoms with E-state index in [1.54, 1.807) is 0 Å². The second-order valence-electron chi connectivity index (χ2n) is 6.21. The second kappa shape index (κ2) is 8.77. The predicted octanol–water partition coefficient (Wildman–Crippen LogP) is 1.57. The van der Waals surface area contributed by atoms with Crippen LogP contribution in [0.15, 0.2) is 0 Å². The van der Waals surface area contributed by atoms with Crippen molar-refractivity contribution in [3.05, 3.63) is 0 Å². The van der Waals surface area contributed by atoms with Crippen molar-refractivity contribution in [2.45, 2.75) is 40.0 Å². The summed E-state index contributed by atoms with van der Waals surface area (Å²) in [6.45, 7) is 8.96. The molecule has 0 aliphatic carbocycles. The normalized spacial score (nSPS) is 24.1. The molecule has 4 nitrogen and oxygen atoms in total. The maximum Gasteiger partial charge on any atom is 0.227 e. The number of carbonyl (C=O) groups excluding carboxylic acids is 1. The first-order valence-corrected chi connectivity index (χ1v) is 7.08. The topological polar surface area (TPSA) is 61.4 Å². The van der Waals surface area contributed by atoms with Crippen LogP contribution >= 0.6 is 12.4 Å². The van der Waals surface area contributed by atoms with Crippen molar-refractivity contribution < 1.29 is 9.90 Å². The van der Waals surface area contributed by atoms with E-state index < -0.39 is 0 Å². The molecule has 1 amide bonds. The molecule has 19 heavy (non-hydrogen) atoms. The molecule has 0 bridgehead atoms. The van der Waals surface area contributed by atoms with Gasteiger partial charge in [-0.1, -0.05) is 13.8 Å². The van der Waals surface area contributed by atoms with Crippen LogP contribution in [0.5, 0.6) is 0 Å². The van der Waals surface area contributed by atoms with Crippen molar-refractivity contribution in [1.82, 2.24) is 10.6 Å². The van der Waals surface area contributed by atoms with Crippen LogP contribution in [0.4, 0.5) is 0 Å². The Morgan fingerprint density at radius 3 is 2.63 bits per heavy atom. The highest BCUT2D eigenvalue weighted by atomic mass is 35.5. The number of hydrogen-bond donors (Lipinski definition) is 3. The lowest BCUT2D eigenvalue weighted by Crippen LogP contribution is -2.42. The van der Waals surface area contributed by atoms with Gasteiger partial charge >= 0.3 is 0 Å². The molecule has 0 spiro atoms. The van der Waals surface area contributed by atoms with Gasteiger partial charge in [0, 0.05) is 19.7 Å². The molecule has 0 saturated carbocycles. The van der Waals surface area contributed by atoms with Gasteiger partial charge in [-0.2, -0.15) is 0 Å². The molecule has 1 aliphatic heterocycles. The highest BCUT2D eigenvalue weighted by Gasteiger charge is 2.36. The summed E-state index contributed by atoms with van der Waals surface area (Å²) in [6, 6.07) is 0. The van der Waals surface area contributed by atoms with Gasteiger partial charge in [0.15, 0.2) is 0 Å². The summed E-state index contributed by atoms with van der Waals surface area (Å²) in [4.78, 5) is 12.1. The average molecular weight is 293 g/mol. The van der Waals surface area contributed by atoms with E-state index in [-0.39, 0.29) is 30.3 Å². The zero-order chi connectivity index (χ0) is 13.6. The molecule has 0 aromatic heterocycles. The number of rotatable bonds is 7. The van der Waals surface area contributed by atoms with Gasteiger partial charge in [-0.3, -0.25) is 4.79 Å². The van der Waals surface area contributed by atoms with Crippen LogP contribution in [0.1, 0.15) is 40.0 Å². The summed E-state index contributed by atoms with van der Waals surface area (Å²) in [5.74, 6) is 1.14. The maximum absolute atomic E-state index is 12.1. The van der Waals surface area contributed by atoms with E-state index in [4.69, 9.17) is 5.11 Å². The standard InChI is InChI=1S/C14H28N2O2.ClH/c1-11(2)8-12(4-7-17)9-16-13(18)14(3)5-6-15-10-14;/h11-12,15,17H,4-10H2,1-3H3,(H,16,18);1H. The van der Waals surface area contributed by atoms with Gasteiger partial charge in [0.25, 0.3) is 0 Å². The summed E-state index contributed by atoms with van der Waals surface area (Å²) < 4.78 is 0.